The van der Waals surface area contributed by atoms with Crippen LogP contribution in [-0.4, -0.2) is 30.6 Å². The second kappa shape index (κ2) is 10.8. The highest BCUT2D eigenvalue weighted by Gasteiger charge is 2.22. The van der Waals surface area contributed by atoms with Crippen molar-refractivity contribution in [1.82, 2.24) is 15.3 Å². The van der Waals surface area contributed by atoms with Gasteiger partial charge in [-0.05, 0) is 74.4 Å². The molecule has 1 aliphatic carbocycles. The van der Waals surface area contributed by atoms with E-state index < -0.39 is 0 Å². The van der Waals surface area contributed by atoms with Crippen molar-refractivity contribution in [1.29, 1.82) is 0 Å². The van der Waals surface area contributed by atoms with Crippen LogP contribution in [-0.2, 0) is 6.54 Å². The predicted molar refractivity (Wildman–Crippen MR) is 138 cm³/mol. The molecule has 1 saturated carbocycles. The molecular formula is C27H35BrN4. The van der Waals surface area contributed by atoms with Gasteiger partial charge >= 0.3 is 0 Å². The van der Waals surface area contributed by atoms with Crippen LogP contribution >= 0.6 is 15.9 Å². The lowest BCUT2D eigenvalue weighted by atomic mass is 9.85. The molecule has 3 aromatic rings. The maximum Gasteiger partial charge on any atom is 0.139 e. The van der Waals surface area contributed by atoms with Crippen molar-refractivity contribution < 1.29 is 0 Å². The van der Waals surface area contributed by atoms with Gasteiger partial charge in [0.15, 0.2) is 0 Å². The average Bonchev–Trinajstić information content (AvgIpc) is 2.76. The van der Waals surface area contributed by atoms with Gasteiger partial charge in [0.1, 0.15) is 11.6 Å². The minimum atomic E-state index is 0.470. The zero-order chi connectivity index (χ0) is 22.5. The molecule has 0 atom stereocenters. The van der Waals surface area contributed by atoms with Gasteiger partial charge < -0.3 is 10.2 Å². The van der Waals surface area contributed by atoms with Crippen LogP contribution in [0.15, 0.2) is 46.9 Å². The number of hydrogen-bond donors (Lipinski definition) is 1. The monoisotopic (exact) mass is 494 g/mol. The van der Waals surface area contributed by atoms with Crippen molar-refractivity contribution in [3.8, 4) is 0 Å². The zero-order valence-electron chi connectivity index (χ0n) is 19.6. The number of nitrogens with zero attached hydrogens (tertiary/aromatic N) is 3. The largest absolute Gasteiger partial charge is 0.362 e. The normalized spacial score (nSPS) is 19.5. The summed E-state index contributed by atoms with van der Waals surface area (Å²) < 4.78 is 1.18. The summed E-state index contributed by atoms with van der Waals surface area (Å²) in [7, 11) is 4.15. The molecule has 2 aromatic carbocycles. The Kier molecular flexibility index (Phi) is 7.80. The van der Waals surface area contributed by atoms with Gasteiger partial charge in [-0.3, -0.25) is 0 Å². The van der Waals surface area contributed by atoms with Crippen molar-refractivity contribution in [2.24, 2.45) is 5.92 Å². The van der Waals surface area contributed by atoms with Gasteiger partial charge in [-0.2, -0.15) is 0 Å². The summed E-state index contributed by atoms with van der Waals surface area (Å²) in [4.78, 5) is 12.1. The quantitative estimate of drug-likeness (QED) is 0.418. The second-order valence-corrected chi connectivity index (χ2v) is 10.3. The molecule has 32 heavy (non-hydrogen) atoms. The summed E-state index contributed by atoms with van der Waals surface area (Å²) in [5, 5.41) is 4.84. The van der Waals surface area contributed by atoms with E-state index in [1.54, 1.807) is 0 Å². The van der Waals surface area contributed by atoms with E-state index in [9.17, 15) is 0 Å². The molecule has 0 unspecified atom stereocenters. The number of benzene rings is 2. The smallest absolute Gasteiger partial charge is 0.139 e. The van der Waals surface area contributed by atoms with E-state index in [1.807, 2.05) is 0 Å². The topological polar surface area (TPSA) is 41.1 Å². The van der Waals surface area contributed by atoms with E-state index in [0.717, 1.165) is 41.6 Å². The fraction of sp³-hybridized carbons (Fsp3) is 0.481. The van der Waals surface area contributed by atoms with Gasteiger partial charge in [-0.25, -0.2) is 9.97 Å². The fourth-order valence-electron chi connectivity index (χ4n) is 4.90. The standard InChI is InChI=1S/C27H35BrN4/c1-19-16-21(14-15-24(19)28)18-29-17-20-8-6-10-22(11-7-9-20)26-30-25-13-5-4-12-23(25)27(31-26)32(2)3/h4-5,12-16,20,22,29H,6-11,17-18H2,1-3H3. The molecule has 1 aromatic heterocycles. The van der Waals surface area contributed by atoms with Gasteiger partial charge in [-0.1, -0.05) is 53.0 Å². The molecule has 0 spiro atoms. The molecule has 5 heteroatoms. The fourth-order valence-corrected chi connectivity index (χ4v) is 5.14. The maximum atomic E-state index is 5.01. The van der Waals surface area contributed by atoms with Crippen molar-refractivity contribution in [2.75, 3.05) is 25.5 Å². The third-order valence-electron chi connectivity index (χ3n) is 6.70. The van der Waals surface area contributed by atoms with Gasteiger partial charge in [0.25, 0.3) is 0 Å². The first-order valence-corrected chi connectivity index (χ1v) is 12.7. The molecule has 4 rings (SSSR count). The van der Waals surface area contributed by atoms with Gasteiger partial charge in [-0.15, -0.1) is 0 Å². The molecule has 1 heterocycles. The van der Waals surface area contributed by atoms with Gasteiger partial charge in [0.05, 0.1) is 5.52 Å². The van der Waals surface area contributed by atoms with Crippen molar-refractivity contribution in [3.05, 3.63) is 63.9 Å². The van der Waals surface area contributed by atoms with E-state index in [-0.39, 0.29) is 0 Å². The first-order chi connectivity index (χ1) is 15.5. The van der Waals surface area contributed by atoms with E-state index in [4.69, 9.17) is 9.97 Å². The molecule has 4 nitrogen and oxygen atoms in total. The number of aryl methyl sites for hydroxylation is 1. The van der Waals surface area contributed by atoms with Crippen LogP contribution in [0, 0.1) is 12.8 Å². The van der Waals surface area contributed by atoms with Crippen LogP contribution in [0.4, 0.5) is 5.82 Å². The third-order valence-corrected chi connectivity index (χ3v) is 7.59. The molecule has 0 aliphatic heterocycles. The average molecular weight is 496 g/mol. The first kappa shape index (κ1) is 23.2. The first-order valence-electron chi connectivity index (χ1n) is 11.9. The predicted octanol–water partition coefficient (Wildman–Crippen LogP) is 6.61. The molecule has 1 fully saturated rings. The molecular weight excluding hydrogens is 460 g/mol. The summed E-state index contributed by atoms with van der Waals surface area (Å²) in [6, 6.07) is 15.0. The minimum Gasteiger partial charge on any atom is -0.362 e. The van der Waals surface area contributed by atoms with Crippen LogP contribution in [0.2, 0.25) is 0 Å². The Morgan fingerprint density at radius 2 is 1.75 bits per heavy atom. The highest BCUT2D eigenvalue weighted by atomic mass is 79.9. The molecule has 0 radical (unpaired) electrons. The lowest BCUT2D eigenvalue weighted by Crippen LogP contribution is -2.24. The van der Waals surface area contributed by atoms with Crippen LogP contribution in [0.3, 0.4) is 0 Å². The number of rotatable bonds is 6. The lowest BCUT2D eigenvalue weighted by Gasteiger charge is -2.25. The number of anilines is 1. The van der Waals surface area contributed by atoms with Crippen LogP contribution in [0.25, 0.3) is 10.9 Å². The van der Waals surface area contributed by atoms with E-state index in [0.29, 0.717) is 5.92 Å². The third kappa shape index (κ3) is 5.68. The van der Waals surface area contributed by atoms with Gasteiger partial charge in [0, 0.05) is 36.4 Å². The number of halogens is 1. The van der Waals surface area contributed by atoms with Crippen LogP contribution in [0.5, 0.6) is 0 Å². The summed E-state index contributed by atoms with van der Waals surface area (Å²) in [6.45, 7) is 4.21. The van der Waals surface area contributed by atoms with Gasteiger partial charge in [0.2, 0.25) is 0 Å². The van der Waals surface area contributed by atoms with Crippen LogP contribution < -0.4 is 10.2 Å². The van der Waals surface area contributed by atoms with Crippen molar-refractivity contribution >= 4 is 32.7 Å². The molecule has 0 bridgehead atoms. The Morgan fingerprint density at radius 1 is 1.00 bits per heavy atom. The summed E-state index contributed by atoms with van der Waals surface area (Å²) in [5.41, 5.74) is 3.73. The number of hydrogen-bond acceptors (Lipinski definition) is 4. The van der Waals surface area contributed by atoms with E-state index in [1.165, 1.54) is 54.1 Å². The Morgan fingerprint density at radius 3 is 2.47 bits per heavy atom. The highest BCUT2D eigenvalue weighted by Crippen LogP contribution is 2.33. The minimum absolute atomic E-state index is 0.470. The molecule has 0 amide bonds. The van der Waals surface area contributed by atoms with E-state index >= 15 is 0 Å². The molecule has 170 valence electrons. The zero-order valence-corrected chi connectivity index (χ0v) is 21.2. The summed E-state index contributed by atoms with van der Waals surface area (Å²) >= 11 is 3.59. The summed E-state index contributed by atoms with van der Waals surface area (Å²) in [5.74, 6) is 3.31. The Bertz CT molecular complexity index is 1040. The van der Waals surface area contributed by atoms with Crippen molar-refractivity contribution in [2.45, 2.75) is 57.9 Å². The maximum absolute atomic E-state index is 5.01. The molecule has 1 N–H and O–H groups in total. The number of nitrogens with one attached hydrogen (secondary N) is 1. The second-order valence-electron chi connectivity index (χ2n) is 9.46. The van der Waals surface area contributed by atoms with Crippen LogP contribution in [0.1, 0.15) is 61.4 Å². The number of para-hydroxylation sites is 1. The molecule has 0 saturated heterocycles. The Balaban J connectivity index is 1.34. The summed E-state index contributed by atoms with van der Waals surface area (Å²) in [6.07, 6.45) is 7.46. The van der Waals surface area contributed by atoms with E-state index in [2.05, 4.69) is 89.6 Å². The molecule has 1 aliphatic rings. The SMILES string of the molecule is Cc1cc(CNCC2CCCC(c3nc(N(C)C)c4ccccc4n3)CCC2)ccc1Br. The highest BCUT2D eigenvalue weighted by molar-refractivity contribution is 9.10. The Labute approximate surface area is 201 Å². The number of fused-ring (bicyclic) bond motifs is 1. The number of aromatic nitrogens is 2. The van der Waals surface area contributed by atoms with Crippen molar-refractivity contribution in [3.63, 3.8) is 0 Å². The Hall–Kier alpha value is -1.98. The lowest BCUT2D eigenvalue weighted by molar-refractivity contribution is 0.339.